The second-order valence-electron chi connectivity index (χ2n) is 6.69. The quantitative estimate of drug-likeness (QED) is 0.703. The number of rotatable bonds is 6. The van der Waals surface area contributed by atoms with Gasteiger partial charge in [0, 0.05) is 24.9 Å². The molecule has 3 aromatic rings. The van der Waals surface area contributed by atoms with Crippen molar-refractivity contribution in [2.45, 2.75) is 32.1 Å². The van der Waals surface area contributed by atoms with E-state index < -0.39 is 0 Å². The molecular formula is C20H23N5O2. The van der Waals surface area contributed by atoms with Gasteiger partial charge in [0.15, 0.2) is 0 Å². The van der Waals surface area contributed by atoms with Gasteiger partial charge in [0.1, 0.15) is 11.4 Å². The van der Waals surface area contributed by atoms with Crippen LogP contribution in [-0.4, -0.2) is 39.5 Å². The Kier molecular flexibility index (Phi) is 4.91. The van der Waals surface area contributed by atoms with Crippen molar-refractivity contribution in [1.82, 2.24) is 25.3 Å². The molecule has 0 radical (unpaired) electrons. The summed E-state index contributed by atoms with van der Waals surface area (Å²) in [5, 5.41) is 14.8. The molecule has 2 N–H and O–H groups in total. The van der Waals surface area contributed by atoms with E-state index in [1.54, 1.807) is 24.2 Å². The molecule has 1 aliphatic carbocycles. The molecule has 7 nitrogen and oxygen atoms in total. The second-order valence-corrected chi connectivity index (χ2v) is 6.69. The van der Waals surface area contributed by atoms with E-state index in [1.807, 2.05) is 24.3 Å². The van der Waals surface area contributed by atoms with Crippen molar-refractivity contribution < 1.29 is 9.53 Å². The van der Waals surface area contributed by atoms with Gasteiger partial charge in [-0.3, -0.25) is 9.89 Å². The third kappa shape index (κ3) is 3.58. The van der Waals surface area contributed by atoms with Gasteiger partial charge >= 0.3 is 0 Å². The first-order chi connectivity index (χ1) is 13.3. The molecule has 0 aliphatic heterocycles. The fourth-order valence-electron chi connectivity index (χ4n) is 3.54. The SMILES string of the molecule is COc1ccccc1-n1cc(C(=O)NCCc2n[nH]c3c2CCCC3)cn1. The predicted molar refractivity (Wildman–Crippen MR) is 101 cm³/mol. The molecule has 7 heteroatoms. The molecule has 4 rings (SSSR count). The van der Waals surface area contributed by atoms with Gasteiger partial charge in [-0.05, 0) is 43.4 Å². The molecule has 27 heavy (non-hydrogen) atoms. The molecule has 0 saturated heterocycles. The molecule has 0 unspecified atom stereocenters. The summed E-state index contributed by atoms with van der Waals surface area (Å²) in [7, 11) is 1.61. The summed E-state index contributed by atoms with van der Waals surface area (Å²) in [6, 6.07) is 7.56. The summed E-state index contributed by atoms with van der Waals surface area (Å²) in [6.45, 7) is 0.552. The minimum absolute atomic E-state index is 0.138. The number of aryl methyl sites for hydroxylation is 1. The molecule has 0 spiro atoms. The summed E-state index contributed by atoms with van der Waals surface area (Å²) in [5.74, 6) is 0.566. The lowest BCUT2D eigenvalue weighted by molar-refractivity contribution is 0.0954. The van der Waals surface area contributed by atoms with E-state index in [0.717, 1.165) is 30.6 Å². The summed E-state index contributed by atoms with van der Waals surface area (Å²) in [5.41, 5.74) is 5.00. The Hall–Kier alpha value is -3.09. The summed E-state index contributed by atoms with van der Waals surface area (Å²) in [4.78, 5) is 12.4. The van der Waals surface area contributed by atoms with E-state index in [0.29, 0.717) is 17.9 Å². The van der Waals surface area contributed by atoms with Crippen molar-refractivity contribution >= 4 is 5.91 Å². The van der Waals surface area contributed by atoms with Crippen LogP contribution in [0.3, 0.4) is 0 Å². The van der Waals surface area contributed by atoms with Crippen LogP contribution in [0.5, 0.6) is 5.75 Å². The third-order valence-corrected chi connectivity index (χ3v) is 4.97. The lowest BCUT2D eigenvalue weighted by Gasteiger charge is -2.11. The topological polar surface area (TPSA) is 84.8 Å². The Morgan fingerprint density at radius 1 is 1.30 bits per heavy atom. The average Bonchev–Trinajstić information content (AvgIpc) is 3.36. The lowest BCUT2D eigenvalue weighted by atomic mass is 9.95. The number of ether oxygens (including phenoxy) is 1. The van der Waals surface area contributed by atoms with E-state index in [1.165, 1.54) is 24.1 Å². The monoisotopic (exact) mass is 365 g/mol. The fraction of sp³-hybridized carbons (Fsp3) is 0.350. The fourth-order valence-corrected chi connectivity index (χ4v) is 3.54. The number of para-hydroxylation sites is 2. The van der Waals surface area contributed by atoms with E-state index in [2.05, 4.69) is 20.6 Å². The number of methoxy groups -OCH3 is 1. The Bertz CT molecular complexity index is 944. The molecule has 2 heterocycles. The number of fused-ring (bicyclic) bond motifs is 1. The van der Waals surface area contributed by atoms with E-state index >= 15 is 0 Å². The minimum atomic E-state index is -0.138. The zero-order valence-electron chi connectivity index (χ0n) is 15.4. The highest BCUT2D eigenvalue weighted by Crippen LogP contribution is 2.23. The zero-order chi connectivity index (χ0) is 18.6. The molecule has 0 bridgehead atoms. The Balaban J connectivity index is 1.38. The van der Waals surface area contributed by atoms with Crippen LogP contribution in [0.4, 0.5) is 0 Å². The van der Waals surface area contributed by atoms with E-state index in [4.69, 9.17) is 4.74 Å². The van der Waals surface area contributed by atoms with Gasteiger partial charge < -0.3 is 10.1 Å². The van der Waals surface area contributed by atoms with Crippen LogP contribution in [0.25, 0.3) is 5.69 Å². The van der Waals surface area contributed by atoms with E-state index in [9.17, 15) is 4.79 Å². The number of carbonyl (C=O) groups is 1. The maximum absolute atomic E-state index is 12.4. The Morgan fingerprint density at radius 3 is 3.04 bits per heavy atom. The van der Waals surface area contributed by atoms with Gasteiger partial charge in [-0.2, -0.15) is 10.2 Å². The third-order valence-electron chi connectivity index (χ3n) is 4.97. The second kappa shape index (κ2) is 7.65. The summed E-state index contributed by atoms with van der Waals surface area (Å²) < 4.78 is 7.00. The molecule has 1 amide bonds. The number of hydrogen-bond donors (Lipinski definition) is 2. The number of hydrogen-bond acceptors (Lipinski definition) is 4. The van der Waals surface area contributed by atoms with Gasteiger partial charge in [-0.15, -0.1) is 0 Å². The van der Waals surface area contributed by atoms with Crippen molar-refractivity contribution in [2.24, 2.45) is 0 Å². The minimum Gasteiger partial charge on any atom is -0.494 e. The maximum Gasteiger partial charge on any atom is 0.254 e. The van der Waals surface area contributed by atoms with Crippen LogP contribution in [0.2, 0.25) is 0 Å². The molecule has 1 aliphatic rings. The summed E-state index contributed by atoms with van der Waals surface area (Å²) in [6.07, 6.45) is 8.62. The number of carbonyl (C=O) groups excluding carboxylic acids is 1. The van der Waals surface area contributed by atoms with Gasteiger partial charge in [0.25, 0.3) is 5.91 Å². The van der Waals surface area contributed by atoms with Crippen molar-refractivity contribution in [3.63, 3.8) is 0 Å². The number of aromatic nitrogens is 4. The number of nitrogens with one attached hydrogen (secondary N) is 2. The standard InChI is InChI=1S/C20H23N5O2/c1-27-19-9-5-4-8-18(19)25-13-14(12-22-25)20(26)21-11-10-17-15-6-2-3-7-16(15)23-24-17/h4-5,8-9,12-13H,2-3,6-7,10-11H2,1H3,(H,21,26)(H,23,24). The first kappa shape index (κ1) is 17.3. The smallest absolute Gasteiger partial charge is 0.254 e. The van der Waals surface area contributed by atoms with Gasteiger partial charge in [-0.25, -0.2) is 4.68 Å². The van der Waals surface area contributed by atoms with Crippen LogP contribution in [0, 0.1) is 0 Å². The molecule has 1 aromatic carbocycles. The van der Waals surface area contributed by atoms with Crippen LogP contribution < -0.4 is 10.1 Å². The van der Waals surface area contributed by atoms with Crippen molar-refractivity contribution in [3.8, 4) is 11.4 Å². The molecule has 0 saturated carbocycles. The number of amides is 1. The highest BCUT2D eigenvalue weighted by atomic mass is 16.5. The maximum atomic E-state index is 12.4. The Labute approximate surface area is 157 Å². The largest absolute Gasteiger partial charge is 0.494 e. The number of benzene rings is 1. The Morgan fingerprint density at radius 2 is 2.15 bits per heavy atom. The van der Waals surface area contributed by atoms with Gasteiger partial charge in [-0.1, -0.05) is 12.1 Å². The highest BCUT2D eigenvalue weighted by molar-refractivity contribution is 5.93. The van der Waals surface area contributed by atoms with Crippen LogP contribution in [0.15, 0.2) is 36.7 Å². The van der Waals surface area contributed by atoms with E-state index in [-0.39, 0.29) is 5.91 Å². The predicted octanol–water partition coefficient (Wildman–Crippen LogP) is 2.46. The van der Waals surface area contributed by atoms with Gasteiger partial charge in [0.2, 0.25) is 0 Å². The molecule has 140 valence electrons. The van der Waals surface area contributed by atoms with Crippen molar-refractivity contribution in [1.29, 1.82) is 0 Å². The van der Waals surface area contributed by atoms with Crippen molar-refractivity contribution in [3.05, 3.63) is 59.2 Å². The van der Waals surface area contributed by atoms with Crippen LogP contribution in [0.1, 0.15) is 40.2 Å². The average molecular weight is 365 g/mol. The first-order valence-corrected chi connectivity index (χ1v) is 9.27. The number of H-pyrrole nitrogens is 1. The number of nitrogens with zero attached hydrogens (tertiary/aromatic N) is 3. The molecule has 0 atom stereocenters. The van der Waals surface area contributed by atoms with Crippen LogP contribution >= 0.6 is 0 Å². The first-order valence-electron chi connectivity index (χ1n) is 9.27. The zero-order valence-corrected chi connectivity index (χ0v) is 15.4. The normalized spacial score (nSPS) is 13.2. The van der Waals surface area contributed by atoms with Crippen LogP contribution in [-0.2, 0) is 19.3 Å². The number of aromatic amines is 1. The molecule has 2 aromatic heterocycles. The van der Waals surface area contributed by atoms with Crippen molar-refractivity contribution in [2.75, 3.05) is 13.7 Å². The summed E-state index contributed by atoms with van der Waals surface area (Å²) >= 11 is 0. The molecule has 0 fully saturated rings. The lowest BCUT2D eigenvalue weighted by Crippen LogP contribution is -2.25. The van der Waals surface area contributed by atoms with Gasteiger partial charge in [0.05, 0.1) is 24.6 Å². The highest BCUT2D eigenvalue weighted by Gasteiger charge is 2.17. The molecular weight excluding hydrogens is 342 g/mol.